The zero-order valence-electron chi connectivity index (χ0n) is 16.8. The Bertz CT molecular complexity index is 656. The van der Waals surface area contributed by atoms with Gasteiger partial charge in [-0.1, -0.05) is 44.2 Å². The fraction of sp³-hybridized carbons (Fsp3) is 0.579. The van der Waals surface area contributed by atoms with E-state index in [4.69, 9.17) is 13.6 Å². The van der Waals surface area contributed by atoms with Crippen molar-refractivity contribution >= 4 is 19.7 Å². The maximum Gasteiger partial charge on any atom is 0.475 e. The van der Waals surface area contributed by atoms with Gasteiger partial charge in [-0.05, 0) is 31.7 Å². The van der Waals surface area contributed by atoms with Crippen molar-refractivity contribution in [1.82, 2.24) is 5.32 Å². The van der Waals surface area contributed by atoms with Gasteiger partial charge in [0.05, 0.1) is 13.2 Å². The monoisotopic (exact) mass is 415 g/mol. The number of rotatable bonds is 13. The zero-order chi connectivity index (χ0) is 21.2. The molecule has 0 bridgehead atoms. The summed E-state index contributed by atoms with van der Waals surface area (Å²) in [6.07, 6.45) is -0.890. The Kier molecular flexibility index (Phi) is 10.4. The number of phosphoric acid groups is 1. The zero-order valence-corrected chi connectivity index (χ0v) is 17.7. The lowest BCUT2D eigenvalue weighted by Gasteiger charge is -2.25. The summed E-state index contributed by atoms with van der Waals surface area (Å²) in [5, 5.41) is 11.9. The molecular formula is C19H30NO7P. The van der Waals surface area contributed by atoms with E-state index in [2.05, 4.69) is 5.32 Å². The molecule has 28 heavy (non-hydrogen) atoms. The highest BCUT2D eigenvalue weighted by molar-refractivity contribution is 7.48. The largest absolute Gasteiger partial charge is 0.480 e. The van der Waals surface area contributed by atoms with E-state index in [9.17, 15) is 19.3 Å². The Labute approximate surface area is 166 Å². The van der Waals surface area contributed by atoms with E-state index >= 15 is 0 Å². The molecule has 0 spiro atoms. The number of nitrogens with one attached hydrogen (secondary N) is 1. The lowest BCUT2D eigenvalue weighted by atomic mass is 10.0. The lowest BCUT2D eigenvalue weighted by Crippen LogP contribution is -2.47. The van der Waals surface area contributed by atoms with Gasteiger partial charge in [0.1, 0.15) is 6.04 Å². The molecule has 0 aliphatic carbocycles. The second-order valence-corrected chi connectivity index (χ2v) is 8.22. The van der Waals surface area contributed by atoms with Crippen LogP contribution in [0.5, 0.6) is 0 Å². The van der Waals surface area contributed by atoms with E-state index in [-0.39, 0.29) is 32.0 Å². The third-order valence-corrected chi connectivity index (χ3v) is 5.37. The molecule has 2 atom stereocenters. The molecule has 9 heteroatoms. The van der Waals surface area contributed by atoms with Crippen LogP contribution in [-0.4, -0.2) is 42.3 Å². The van der Waals surface area contributed by atoms with Gasteiger partial charge in [-0.25, -0.2) is 9.36 Å². The Morgan fingerprint density at radius 2 is 1.68 bits per heavy atom. The summed E-state index contributed by atoms with van der Waals surface area (Å²) < 4.78 is 28.5. The fourth-order valence-corrected chi connectivity index (χ4v) is 3.84. The Hall–Kier alpha value is -1.73. The van der Waals surface area contributed by atoms with Crippen molar-refractivity contribution in [2.24, 2.45) is 5.92 Å². The van der Waals surface area contributed by atoms with Crippen LogP contribution in [0.25, 0.3) is 0 Å². The predicted molar refractivity (Wildman–Crippen MR) is 105 cm³/mol. The normalized spacial score (nSPS) is 13.9. The third kappa shape index (κ3) is 8.52. The van der Waals surface area contributed by atoms with Crippen molar-refractivity contribution in [2.75, 3.05) is 13.2 Å². The molecule has 1 unspecified atom stereocenters. The average Bonchev–Trinajstić information content (AvgIpc) is 2.61. The molecule has 0 saturated heterocycles. The SMILES string of the molecule is CCOP(=O)(OCC)OC(Cc1ccccc1)C(=O)N[C@@H](CC(C)C)C(=O)O. The van der Waals surface area contributed by atoms with Crippen molar-refractivity contribution in [3.8, 4) is 0 Å². The van der Waals surface area contributed by atoms with Gasteiger partial charge in [0.15, 0.2) is 6.10 Å². The highest BCUT2D eigenvalue weighted by Gasteiger charge is 2.35. The number of benzene rings is 1. The number of hydrogen-bond acceptors (Lipinski definition) is 6. The Balaban J connectivity index is 3.05. The van der Waals surface area contributed by atoms with Gasteiger partial charge in [0, 0.05) is 6.42 Å². The van der Waals surface area contributed by atoms with Crippen LogP contribution in [0.3, 0.4) is 0 Å². The number of amides is 1. The van der Waals surface area contributed by atoms with Gasteiger partial charge < -0.3 is 10.4 Å². The van der Waals surface area contributed by atoms with Crippen molar-refractivity contribution in [3.05, 3.63) is 35.9 Å². The van der Waals surface area contributed by atoms with Crippen LogP contribution >= 0.6 is 7.82 Å². The van der Waals surface area contributed by atoms with Gasteiger partial charge in [0.2, 0.25) is 0 Å². The number of carbonyl (C=O) groups excluding carboxylic acids is 1. The van der Waals surface area contributed by atoms with Crippen LogP contribution in [0.4, 0.5) is 0 Å². The molecular weight excluding hydrogens is 385 g/mol. The molecule has 158 valence electrons. The first-order valence-corrected chi connectivity index (χ1v) is 10.8. The highest BCUT2D eigenvalue weighted by atomic mass is 31.2. The molecule has 1 amide bonds. The summed E-state index contributed by atoms with van der Waals surface area (Å²) in [7, 11) is -3.97. The summed E-state index contributed by atoms with van der Waals surface area (Å²) in [5.74, 6) is -1.76. The standard InChI is InChI=1S/C19H30NO7P/c1-5-25-28(24,26-6-2)27-17(13-15-10-8-7-9-11-15)18(21)20-16(19(22)23)12-14(3)4/h7-11,14,16-17H,5-6,12-13H2,1-4H3,(H,20,21)(H,22,23)/t16-,17?/m0/s1. The number of hydrogen-bond donors (Lipinski definition) is 2. The van der Waals surface area contributed by atoms with E-state index in [0.717, 1.165) is 5.56 Å². The molecule has 0 aromatic heterocycles. The molecule has 8 nitrogen and oxygen atoms in total. The van der Waals surface area contributed by atoms with Crippen LogP contribution in [0.1, 0.15) is 39.7 Å². The molecule has 1 aromatic carbocycles. The second-order valence-electron chi connectivity index (χ2n) is 6.60. The Morgan fingerprint density at radius 1 is 1.11 bits per heavy atom. The average molecular weight is 415 g/mol. The second kappa shape index (κ2) is 12.0. The molecule has 0 aliphatic rings. The summed E-state index contributed by atoms with van der Waals surface area (Å²) in [5.41, 5.74) is 0.762. The summed E-state index contributed by atoms with van der Waals surface area (Å²) >= 11 is 0. The quantitative estimate of drug-likeness (QED) is 0.475. The number of carboxylic acids is 1. The van der Waals surface area contributed by atoms with Crippen molar-refractivity contribution in [2.45, 2.75) is 52.7 Å². The molecule has 1 aromatic rings. The first kappa shape index (κ1) is 24.3. The van der Waals surface area contributed by atoms with Gasteiger partial charge in [0.25, 0.3) is 5.91 Å². The van der Waals surface area contributed by atoms with Crippen LogP contribution in [0.2, 0.25) is 0 Å². The van der Waals surface area contributed by atoms with E-state index in [1.807, 2.05) is 19.9 Å². The summed E-state index contributed by atoms with van der Waals surface area (Å²) in [4.78, 5) is 24.3. The van der Waals surface area contributed by atoms with Gasteiger partial charge in [-0.15, -0.1) is 0 Å². The third-order valence-electron chi connectivity index (χ3n) is 3.71. The van der Waals surface area contributed by atoms with Gasteiger partial charge in [-0.2, -0.15) is 0 Å². The molecule has 2 N–H and O–H groups in total. The van der Waals surface area contributed by atoms with Gasteiger partial charge in [-0.3, -0.25) is 18.4 Å². The molecule has 0 radical (unpaired) electrons. The molecule has 0 aliphatic heterocycles. The summed E-state index contributed by atoms with van der Waals surface area (Å²) in [6, 6.07) is 7.93. The molecule has 1 rings (SSSR count). The predicted octanol–water partition coefficient (Wildman–Crippen LogP) is 3.41. The maximum atomic E-state index is 12.8. The molecule has 0 heterocycles. The smallest absolute Gasteiger partial charge is 0.475 e. The summed E-state index contributed by atoms with van der Waals surface area (Å²) in [6.45, 7) is 7.12. The topological polar surface area (TPSA) is 111 Å². The van der Waals surface area contributed by atoms with Crippen LogP contribution in [-0.2, 0) is 34.1 Å². The lowest BCUT2D eigenvalue weighted by molar-refractivity contribution is -0.143. The van der Waals surface area contributed by atoms with Crippen LogP contribution in [0.15, 0.2) is 30.3 Å². The molecule has 0 saturated carbocycles. The van der Waals surface area contributed by atoms with Crippen molar-refractivity contribution in [1.29, 1.82) is 0 Å². The fourth-order valence-electron chi connectivity index (χ4n) is 2.53. The number of carboxylic acid groups (broad SMARTS) is 1. The highest BCUT2D eigenvalue weighted by Crippen LogP contribution is 2.50. The molecule has 0 fully saturated rings. The van der Waals surface area contributed by atoms with E-state index in [1.54, 1.807) is 38.1 Å². The Morgan fingerprint density at radius 3 is 2.14 bits per heavy atom. The number of carbonyl (C=O) groups is 2. The van der Waals surface area contributed by atoms with Gasteiger partial charge >= 0.3 is 13.8 Å². The minimum absolute atomic E-state index is 0.0628. The first-order valence-electron chi connectivity index (χ1n) is 9.35. The van der Waals surface area contributed by atoms with Crippen LogP contribution < -0.4 is 5.32 Å². The van der Waals surface area contributed by atoms with E-state index in [0.29, 0.717) is 0 Å². The number of aliphatic carboxylic acids is 1. The minimum Gasteiger partial charge on any atom is -0.480 e. The minimum atomic E-state index is -3.97. The number of phosphoric ester groups is 1. The van der Waals surface area contributed by atoms with Crippen molar-refractivity contribution in [3.63, 3.8) is 0 Å². The van der Waals surface area contributed by atoms with Crippen molar-refractivity contribution < 1.29 is 32.8 Å². The van der Waals surface area contributed by atoms with E-state index < -0.39 is 31.8 Å². The first-order chi connectivity index (χ1) is 13.2. The van der Waals surface area contributed by atoms with Crippen LogP contribution in [0, 0.1) is 5.92 Å². The van der Waals surface area contributed by atoms with E-state index in [1.165, 1.54) is 0 Å². The maximum absolute atomic E-state index is 12.8.